The fraction of sp³-hybridized carbons (Fsp3) is 0.450. The summed E-state index contributed by atoms with van der Waals surface area (Å²) >= 11 is 6.10. The Morgan fingerprint density at radius 2 is 2.07 bits per heavy atom. The van der Waals surface area contributed by atoms with Gasteiger partial charge in [0.05, 0.1) is 12.2 Å². The fourth-order valence-corrected chi connectivity index (χ4v) is 5.17. The molecule has 0 bridgehead atoms. The molecule has 5 unspecified atom stereocenters. The van der Waals surface area contributed by atoms with E-state index in [1.165, 1.54) is 0 Å². The third kappa shape index (κ3) is 3.34. The summed E-state index contributed by atoms with van der Waals surface area (Å²) in [4.78, 5) is 14.6. The van der Waals surface area contributed by atoms with Gasteiger partial charge < -0.3 is 10.2 Å². The van der Waals surface area contributed by atoms with Gasteiger partial charge >= 0.3 is 6.03 Å². The van der Waals surface area contributed by atoms with Crippen molar-refractivity contribution in [1.82, 2.24) is 31.3 Å². The number of benzene rings is 1. The second-order valence-corrected chi connectivity index (χ2v) is 8.45. The third-order valence-electron chi connectivity index (χ3n) is 6.30. The highest BCUT2D eigenvalue weighted by molar-refractivity contribution is 6.30. The molecule has 3 fully saturated rings. The summed E-state index contributed by atoms with van der Waals surface area (Å²) < 4.78 is 0. The molecular formula is C20H23ClN6O. The van der Waals surface area contributed by atoms with Crippen LogP contribution in [0, 0.1) is 11.8 Å². The minimum Gasteiger partial charge on any atom is -0.335 e. The number of hydrogen-bond acceptors (Lipinski definition) is 5. The van der Waals surface area contributed by atoms with Gasteiger partial charge in [0.2, 0.25) is 0 Å². The van der Waals surface area contributed by atoms with Crippen molar-refractivity contribution in [2.24, 2.45) is 11.8 Å². The zero-order chi connectivity index (χ0) is 19.1. The SMILES string of the molecule is O=C1NC2CC3NNC(c4ccnnc4)C3CC2CN1Cc1cccc(Cl)c1. The summed E-state index contributed by atoms with van der Waals surface area (Å²) in [6, 6.07) is 10.5. The number of urea groups is 1. The summed E-state index contributed by atoms with van der Waals surface area (Å²) in [6.45, 7) is 1.35. The van der Waals surface area contributed by atoms with Crippen LogP contribution in [-0.2, 0) is 6.54 Å². The van der Waals surface area contributed by atoms with Crippen LogP contribution in [0.1, 0.15) is 30.0 Å². The average Bonchev–Trinajstić information content (AvgIpc) is 3.10. The number of hydrazine groups is 1. The van der Waals surface area contributed by atoms with E-state index in [1.54, 1.807) is 6.20 Å². The van der Waals surface area contributed by atoms with Crippen LogP contribution in [0.15, 0.2) is 42.7 Å². The van der Waals surface area contributed by atoms with E-state index >= 15 is 0 Å². The molecule has 8 heteroatoms. The normalized spacial score (nSPS) is 31.8. The predicted molar refractivity (Wildman–Crippen MR) is 105 cm³/mol. The highest BCUT2D eigenvalue weighted by atomic mass is 35.5. The monoisotopic (exact) mass is 398 g/mol. The van der Waals surface area contributed by atoms with Crippen LogP contribution in [0.5, 0.6) is 0 Å². The molecule has 7 nitrogen and oxygen atoms in total. The van der Waals surface area contributed by atoms with E-state index in [1.807, 2.05) is 41.4 Å². The molecule has 5 atom stereocenters. The number of rotatable bonds is 3. The standard InChI is InChI=1S/C20H23ClN6O/c21-15-3-1-2-12(6-15)10-27-11-14-7-16-18(8-17(14)24-20(27)28)25-26-19(16)13-4-5-22-23-9-13/h1-6,9,14,16-19,25-26H,7-8,10-11H2,(H,24,28). The maximum Gasteiger partial charge on any atom is 0.317 e. The van der Waals surface area contributed by atoms with E-state index in [2.05, 4.69) is 26.4 Å². The molecule has 2 aromatic rings. The number of fused-ring (bicyclic) bond motifs is 2. The largest absolute Gasteiger partial charge is 0.335 e. The van der Waals surface area contributed by atoms with Gasteiger partial charge in [-0.05, 0) is 54.0 Å². The van der Waals surface area contributed by atoms with Gasteiger partial charge in [-0.2, -0.15) is 10.2 Å². The zero-order valence-electron chi connectivity index (χ0n) is 15.4. The lowest BCUT2D eigenvalue weighted by molar-refractivity contribution is 0.0961. The third-order valence-corrected chi connectivity index (χ3v) is 6.54. The Hall–Kier alpha value is -2.22. The maximum absolute atomic E-state index is 12.6. The van der Waals surface area contributed by atoms with Crippen LogP contribution >= 0.6 is 11.6 Å². The minimum atomic E-state index is 0.0144. The van der Waals surface area contributed by atoms with Crippen LogP contribution in [0.3, 0.4) is 0 Å². The van der Waals surface area contributed by atoms with Gasteiger partial charge in [0.15, 0.2) is 0 Å². The van der Waals surface area contributed by atoms with Crippen LogP contribution in [0.25, 0.3) is 0 Å². The summed E-state index contributed by atoms with van der Waals surface area (Å²) in [7, 11) is 0. The molecule has 1 aliphatic carbocycles. The molecule has 1 aromatic carbocycles. The van der Waals surface area contributed by atoms with Crippen molar-refractivity contribution in [2.75, 3.05) is 6.54 Å². The molecule has 3 aliphatic rings. The molecule has 2 amide bonds. The molecule has 2 saturated heterocycles. The van der Waals surface area contributed by atoms with E-state index in [0.717, 1.165) is 30.5 Å². The molecular weight excluding hydrogens is 376 g/mol. The summed E-state index contributed by atoms with van der Waals surface area (Å²) in [5.74, 6) is 0.894. The predicted octanol–water partition coefficient (Wildman–Crippen LogP) is 2.27. The number of nitrogens with zero attached hydrogens (tertiary/aromatic N) is 3. The highest BCUT2D eigenvalue weighted by Gasteiger charge is 2.47. The van der Waals surface area contributed by atoms with E-state index in [-0.39, 0.29) is 18.1 Å². The van der Waals surface area contributed by atoms with Gasteiger partial charge in [-0.1, -0.05) is 23.7 Å². The molecule has 3 heterocycles. The van der Waals surface area contributed by atoms with Gasteiger partial charge in [0.1, 0.15) is 0 Å². The first-order chi connectivity index (χ1) is 13.7. The summed E-state index contributed by atoms with van der Waals surface area (Å²) in [5, 5.41) is 11.9. The van der Waals surface area contributed by atoms with Crippen molar-refractivity contribution >= 4 is 17.6 Å². The van der Waals surface area contributed by atoms with Gasteiger partial charge in [0, 0.05) is 36.4 Å². The molecule has 1 saturated carbocycles. The number of amides is 2. The van der Waals surface area contributed by atoms with Gasteiger partial charge in [-0.15, -0.1) is 0 Å². The van der Waals surface area contributed by atoms with Crippen LogP contribution < -0.4 is 16.2 Å². The first-order valence-electron chi connectivity index (χ1n) is 9.75. The molecule has 0 spiro atoms. The Morgan fingerprint density at radius 1 is 1.14 bits per heavy atom. The molecule has 2 aliphatic heterocycles. The number of carbonyl (C=O) groups is 1. The first kappa shape index (κ1) is 17.8. The Morgan fingerprint density at radius 3 is 2.89 bits per heavy atom. The second-order valence-electron chi connectivity index (χ2n) is 8.01. The van der Waals surface area contributed by atoms with E-state index < -0.39 is 0 Å². The smallest absolute Gasteiger partial charge is 0.317 e. The molecule has 1 aromatic heterocycles. The minimum absolute atomic E-state index is 0.0144. The lowest BCUT2D eigenvalue weighted by Crippen LogP contribution is -2.60. The number of halogens is 1. The zero-order valence-corrected chi connectivity index (χ0v) is 16.1. The number of aromatic nitrogens is 2. The number of hydrogen-bond donors (Lipinski definition) is 3. The van der Waals surface area contributed by atoms with Crippen LogP contribution in [0.4, 0.5) is 4.79 Å². The number of carbonyl (C=O) groups excluding carboxylic acids is 1. The van der Waals surface area contributed by atoms with Crippen LogP contribution in [-0.4, -0.2) is 39.8 Å². The maximum atomic E-state index is 12.6. The topological polar surface area (TPSA) is 82.2 Å². The average molecular weight is 399 g/mol. The van der Waals surface area contributed by atoms with Crippen molar-refractivity contribution in [3.63, 3.8) is 0 Å². The molecule has 28 heavy (non-hydrogen) atoms. The van der Waals surface area contributed by atoms with E-state index in [0.29, 0.717) is 29.4 Å². The molecule has 3 N–H and O–H groups in total. The Balaban J connectivity index is 1.31. The summed E-state index contributed by atoms with van der Waals surface area (Å²) in [5.41, 5.74) is 9.08. The summed E-state index contributed by atoms with van der Waals surface area (Å²) in [6.07, 6.45) is 5.56. The lowest BCUT2D eigenvalue weighted by Gasteiger charge is -2.45. The first-order valence-corrected chi connectivity index (χ1v) is 10.1. The molecule has 5 rings (SSSR count). The number of nitrogens with one attached hydrogen (secondary N) is 3. The van der Waals surface area contributed by atoms with E-state index in [9.17, 15) is 4.79 Å². The van der Waals surface area contributed by atoms with Crippen molar-refractivity contribution < 1.29 is 4.79 Å². The molecule has 146 valence electrons. The van der Waals surface area contributed by atoms with E-state index in [4.69, 9.17) is 11.6 Å². The fourth-order valence-electron chi connectivity index (χ4n) is 4.96. The van der Waals surface area contributed by atoms with Gasteiger partial charge in [0.25, 0.3) is 0 Å². The Labute approximate surface area is 168 Å². The van der Waals surface area contributed by atoms with Crippen molar-refractivity contribution in [1.29, 1.82) is 0 Å². The van der Waals surface area contributed by atoms with Gasteiger partial charge in [-0.25, -0.2) is 10.2 Å². The highest BCUT2D eigenvalue weighted by Crippen LogP contribution is 2.41. The van der Waals surface area contributed by atoms with Crippen LogP contribution in [0.2, 0.25) is 5.02 Å². The van der Waals surface area contributed by atoms with Crippen molar-refractivity contribution in [2.45, 2.75) is 37.5 Å². The molecule has 0 radical (unpaired) electrons. The van der Waals surface area contributed by atoms with Gasteiger partial charge in [-0.3, -0.25) is 5.43 Å². The van der Waals surface area contributed by atoms with Crippen molar-refractivity contribution in [3.05, 3.63) is 58.9 Å². The lowest BCUT2D eigenvalue weighted by atomic mass is 9.71. The Kier molecular flexibility index (Phi) is 4.66. The Bertz CT molecular complexity index is 865. The second kappa shape index (κ2) is 7.31. The quantitative estimate of drug-likeness (QED) is 0.738. The van der Waals surface area contributed by atoms with Crippen molar-refractivity contribution in [3.8, 4) is 0 Å².